The van der Waals surface area contributed by atoms with Crippen LogP contribution in [0.2, 0.25) is 5.02 Å². The molecule has 1 aromatic rings. The molecule has 0 bridgehead atoms. The number of hydrogen-bond acceptors (Lipinski definition) is 2. The van der Waals surface area contributed by atoms with Crippen LogP contribution in [0, 0.1) is 5.92 Å². The Bertz CT molecular complexity index is 370. The summed E-state index contributed by atoms with van der Waals surface area (Å²) in [5.41, 5.74) is 6.84. The van der Waals surface area contributed by atoms with Crippen LogP contribution < -0.4 is 11.1 Å². The van der Waals surface area contributed by atoms with Crippen molar-refractivity contribution in [2.24, 2.45) is 11.7 Å². The summed E-state index contributed by atoms with van der Waals surface area (Å²) in [5, 5.41) is 4.28. The minimum Gasteiger partial charge on any atom is -0.381 e. The van der Waals surface area contributed by atoms with Crippen LogP contribution in [-0.4, -0.2) is 12.6 Å². The van der Waals surface area contributed by atoms with Gasteiger partial charge in [-0.2, -0.15) is 0 Å². The zero-order chi connectivity index (χ0) is 11.5. The molecule has 1 aliphatic carbocycles. The monoisotopic (exact) mass is 302 g/mol. The molecular weight excluding hydrogens is 288 g/mol. The van der Waals surface area contributed by atoms with Crippen LogP contribution in [0.15, 0.2) is 22.7 Å². The van der Waals surface area contributed by atoms with Gasteiger partial charge < -0.3 is 11.1 Å². The second kappa shape index (κ2) is 5.39. The van der Waals surface area contributed by atoms with Crippen molar-refractivity contribution in [3.05, 3.63) is 27.7 Å². The van der Waals surface area contributed by atoms with Crippen LogP contribution in [0.4, 0.5) is 5.69 Å². The molecule has 0 aromatic heterocycles. The number of benzene rings is 1. The van der Waals surface area contributed by atoms with Gasteiger partial charge in [0.05, 0.1) is 15.2 Å². The topological polar surface area (TPSA) is 38.0 Å². The number of nitrogens with two attached hydrogens (primary N) is 1. The second-order valence-electron chi connectivity index (χ2n) is 4.28. The summed E-state index contributed by atoms with van der Waals surface area (Å²) < 4.78 is 0.944. The van der Waals surface area contributed by atoms with Gasteiger partial charge in [-0.1, -0.05) is 24.1 Å². The van der Waals surface area contributed by atoms with Crippen molar-refractivity contribution in [3.8, 4) is 0 Å². The van der Waals surface area contributed by atoms with Crippen molar-refractivity contribution >= 4 is 33.2 Å². The van der Waals surface area contributed by atoms with Crippen LogP contribution >= 0.6 is 27.5 Å². The Morgan fingerprint density at radius 2 is 2.25 bits per heavy atom. The quantitative estimate of drug-likeness (QED) is 0.894. The molecule has 1 aliphatic rings. The van der Waals surface area contributed by atoms with Gasteiger partial charge in [0.1, 0.15) is 0 Å². The van der Waals surface area contributed by atoms with Gasteiger partial charge >= 0.3 is 0 Å². The molecule has 0 radical (unpaired) electrons. The van der Waals surface area contributed by atoms with Gasteiger partial charge in [0.15, 0.2) is 0 Å². The molecule has 2 rings (SSSR count). The number of halogens is 2. The van der Waals surface area contributed by atoms with E-state index in [9.17, 15) is 0 Å². The fourth-order valence-electron chi connectivity index (χ4n) is 2.32. The van der Waals surface area contributed by atoms with Crippen LogP contribution in [0.3, 0.4) is 0 Å². The predicted molar refractivity (Wildman–Crippen MR) is 73.0 cm³/mol. The molecule has 4 heteroatoms. The van der Waals surface area contributed by atoms with Crippen LogP contribution in [0.25, 0.3) is 0 Å². The van der Waals surface area contributed by atoms with Crippen molar-refractivity contribution in [2.45, 2.75) is 25.3 Å². The molecule has 2 unspecified atom stereocenters. The van der Waals surface area contributed by atoms with Crippen molar-refractivity contribution in [3.63, 3.8) is 0 Å². The molecule has 3 N–H and O–H groups in total. The molecule has 2 nitrogen and oxygen atoms in total. The summed E-state index contributed by atoms with van der Waals surface area (Å²) in [7, 11) is 0. The third-order valence-electron chi connectivity index (χ3n) is 3.25. The smallest absolute Gasteiger partial charge is 0.0593 e. The average molecular weight is 304 g/mol. The Morgan fingerprint density at radius 1 is 1.44 bits per heavy atom. The first-order chi connectivity index (χ1) is 7.72. The Hall–Kier alpha value is -0.250. The SMILES string of the molecule is NCC1CCCC1Nc1cccc(Cl)c1Br. The van der Waals surface area contributed by atoms with E-state index in [1.807, 2.05) is 18.2 Å². The maximum absolute atomic E-state index is 6.06. The highest BCUT2D eigenvalue weighted by Gasteiger charge is 2.26. The summed E-state index contributed by atoms with van der Waals surface area (Å²) >= 11 is 9.56. The van der Waals surface area contributed by atoms with Gasteiger partial charge in [-0.05, 0) is 53.4 Å². The first-order valence-corrected chi connectivity index (χ1v) is 6.80. The first-order valence-electron chi connectivity index (χ1n) is 5.63. The predicted octanol–water partition coefficient (Wildman–Crippen LogP) is 3.64. The summed E-state index contributed by atoms with van der Waals surface area (Å²) in [5.74, 6) is 0.589. The fourth-order valence-corrected chi connectivity index (χ4v) is 2.88. The van der Waals surface area contributed by atoms with Gasteiger partial charge in [-0.3, -0.25) is 0 Å². The number of nitrogens with one attached hydrogen (secondary N) is 1. The van der Waals surface area contributed by atoms with E-state index >= 15 is 0 Å². The molecule has 1 fully saturated rings. The van der Waals surface area contributed by atoms with Crippen LogP contribution in [0.1, 0.15) is 19.3 Å². The Morgan fingerprint density at radius 3 is 3.00 bits per heavy atom. The van der Waals surface area contributed by atoms with Gasteiger partial charge in [0.25, 0.3) is 0 Å². The van der Waals surface area contributed by atoms with Crippen molar-refractivity contribution in [1.82, 2.24) is 0 Å². The normalized spacial score (nSPS) is 24.7. The number of anilines is 1. The second-order valence-corrected chi connectivity index (χ2v) is 5.48. The highest BCUT2D eigenvalue weighted by Crippen LogP contribution is 2.34. The zero-order valence-electron chi connectivity index (χ0n) is 9.05. The Kier molecular flexibility index (Phi) is 4.11. The van der Waals surface area contributed by atoms with E-state index in [-0.39, 0.29) is 0 Å². The molecule has 0 saturated heterocycles. The van der Waals surface area contributed by atoms with Crippen LogP contribution in [-0.2, 0) is 0 Å². The van der Waals surface area contributed by atoms with E-state index < -0.39 is 0 Å². The molecule has 0 amide bonds. The van der Waals surface area contributed by atoms with E-state index in [0.29, 0.717) is 12.0 Å². The van der Waals surface area contributed by atoms with Crippen molar-refractivity contribution in [1.29, 1.82) is 0 Å². The third-order valence-corrected chi connectivity index (χ3v) is 4.65. The number of rotatable bonds is 3. The van der Waals surface area contributed by atoms with Gasteiger partial charge in [0, 0.05) is 6.04 Å². The highest BCUT2D eigenvalue weighted by atomic mass is 79.9. The minimum absolute atomic E-state index is 0.486. The van der Waals surface area contributed by atoms with E-state index in [4.69, 9.17) is 17.3 Å². The molecule has 16 heavy (non-hydrogen) atoms. The molecular formula is C12H16BrClN2. The molecule has 1 saturated carbocycles. The van der Waals surface area contributed by atoms with E-state index in [2.05, 4.69) is 21.2 Å². The van der Waals surface area contributed by atoms with Gasteiger partial charge in [-0.15, -0.1) is 0 Å². The Balaban J connectivity index is 2.11. The largest absolute Gasteiger partial charge is 0.381 e. The Labute approximate surface area is 110 Å². The van der Waals surface area contributed by atoms with Crippen molar-refractivity contribution < 1.29 is 0 Å². The minimum atomic E-state index is 0.486. The standard InChI is InChI=1S/C12H16BrClN2/c13-12-9(14)4-2-6-11(12)16-10-5-1-3-8(10)7-15/h2,4,6,8,10,16H,1,3,5,7,15H2. The molecule has 88 valence electrons. The third kappa shape index (κ3) is 2.53. The number of hydrogen-bond donors (Lipinski definition) is 2. The lowest BCUT2D eigenvalue weighted by atomic mass is 10.0. The highest BCUT2D eigenvalue weighted by molar-refractivity contribution is 9.10. The maximum atomic E-state index is 6.06. The summed E-state index contributed by atoms with van der Waals surface area (Å²) in [6, 6.07) is 6.37. The molecule has 1 aromatic carbocycles. The molecule has 0 aliphatic heterocycles. The molecule has 0 heterocycles. The first kappa shape index (κ1) is 12.2. The van der Waals surface area contributed by atoms with Gasteiger partial charge in [0.2, 0.25) is 0 Å². The van der Waals surface area contributed by atoms with Gasteiger partial charge in [-0.25, -0.2) is 0 Å². The lowest BCUT2D eigenvalue weighted by molar-refractivity contribution is 0.516. The average Bonchev–Trinajstić information content (AvgIpc) is 2.72. The lowest BCUT2D eigenvalue weighted by Gasteiger charge is -2.21. The zero-order valence-corrected chi connectivity index (χ0v) is 11.4. The molecule has 2 atom stereocenters. The van der Waals surface area contributed by atoms with E-state index in [1.165, 1.54) is 19.3 Å². The van der Waals surface area contributed by atoms with E-state index in [0.717, 1.165) is 21.7 Å². The summed E-state index contributed by atoms with van der Waals surface area (Å²) in [6.45, 7) is 0.760. The lowest BCUT2D eigenvalue weighted by Crippen LogP contribution is -2.29. The summed E-state index contributed by atoms with van der Waals surface area (Å²) in [6.07, 6.45) is 3.69. The maximum Gasteiger partial charge on any atom is 0.0593 e. The van der Waals surface area contributed by atoms with Crippen molar-refractivity contribution in [2.75, 3.05) is 11.9 Å². The fraction of sp³-hybridized carbons (Fsp3) is 0.500. The van der Waals surface area contributed by atoms with Crippen LogP contribution in [0.5, 0.6) is 0 Å². The molecule has 0 spiro atoms. The van der Waals surface area contributed by atoms with E-state index in [1.54, 1.807) is 0 Å². The summed E-state index contributed by atoms with van der Waals surface area (Å²) in [4.78, 5) is 0.